The van der Waals surface area contributed by atoms with Crippen molar-refractivity contribution >= 4 is 34.5 Å². The Morgan fingerprint density at radius 1 is 0.784 bits per heavy atom. The molecule has 0 saturated heterocycles. The van der Waals surface area contributed by atoms with Gasteiger partial charge in [0.05, 0.1) is 27.8 Å². The van der Waals surface area contributed by atoms with E-state index in [9.17, 15) is 49.5 Å². The summed E-state index contributed by atoms with van der Waals surface area (Å²) in [6.45, 7) is 0. The molecule has 51 heavy (non-hydrogen) atoms. The highest BCUT2D eigenvalue weighted by molar-refractivity contribution is 6.05. The number of pyridine rings is 1. The van der Waals surface area contributed by atoms with E-state index in [1.54, 1.807) is 14.1 Å². The molecule has 0 spiro atoms. The van der Waals surface area contributed by atoms with E-state index in [0.717, 1.165) is 48.5 Å². The first kappa shape index (κ1) is 40.8. The highest BCUT2D eigenvalue weighted by Crippen LogP contribution is 2.38. The van der Waals surface area contributed by atoms with Crippen LogP contribution in [0.2, 0.25) is 0 Å². The Labute approximate surface area is 282 Å². The van der Waals surface area contributed by atoms with Crippen molar-refractivity contribution in [3.8, 4) is 11.3 Å². The summed E-state index contributed by atoms with van der Waals surface area (Å²) in [5.74, 6) is -3.34. The molecule has 0 aliphatic rings. The zero-order valence-corrected chi connectivity index (χ0v) is 25.6. The summed E-state index contributed by atoms with van der Waals surface area (Å²) in [7, 11) is 3.19. The Morgan fingerprint density at radius 3 is 1.90 bits per heavy atom. The summed E-state index contributed by atoms with van der Waals surface area (Å²) < 4.78 is 104. The molecule has 5 aromatic rings. The molecule has 272 valence electrons. The minimum atomic E-state index is -4.76. The Hall–Kier alpha value is -6.34. The van der Waals surface area contributed by atoms with Crippen molar-refractivity contribution in [1.82, 2.24) is 29.8 Å². The van der Waals surface area contributed by atoms with Crippen LogP contribution in [0.25, 0.3) is 22.3 Å². The Bertz CT molecular complexity index is 2140. The number of hydrogen-bond donors (Lipinski definition) is 5. The number of rotatable bonds is 4. The molecule has 0 unspecified atom stereocenters. The molecule has 0 amide bonds. The van der Waals surface area contributed by atoms with Crippen LogP contribution >= 0.6 is 0 Å². The van der Waals surface area contributed by atoms with Gasteiger partial charge < -0.3 is 22.1 Å². The maximum atomic E-state index is 14.0. The van der Waals surface area contributed by atoms with Gasteiger partial charge in [0.2, 0.25) is 11.9 Å². The molecule has 8 N–H and O–H groups in total. The first-order chi connectivity index (χ1) is 23.2. The number of aromatic amines is 2. The van der Waals surface area contributed by atoms with Crippen LogP contribution in [0, 0.1) is 11.6 Å². The van der Waals surface area contributed by atoms with Crippen LogP contribution in [-0.2, 0) is 12.4 Å². The predicted octanol–water partition coefficient (Wildman–Crippen LogP) is 5.40. The number of alkyl halides is 6. The molecule has 0 saturated carbocycles. The zero-order chi connectivity index (χ0) is 37.6. The van der Waals surface area contributed by atoms with Crippen LogP contribution in [0.1, 0.15) is 28.9 Å². The fraction of sp³-hybridized carbons (Fsp3) is 0.161. The number of anilines is 3. The summed E-state index contributed by atoms with van der Waals surface area (Å²) >= 11 is 0. The number of allylic oxidation sites excluding steroid dienone is 1. The Balaban J connectivity index is 0.000000286. The van der Waals surface area contributed by atoms with Crippen LogP contribution in [0.5, 0.6) is 0 Å². The largest absolute Gasteiger partial charge is 0.417 e. The van der Waals surface area contributed by atoms with Gasteiger partial charge in [-0.25, -0.2) is 13.8 Å². The van der Waals surface area contributed by atoms with E-state index in [0.29, 0.717) is 6.07 Å². The molecule has 0 bridgehead atoms. The lowest BCUT2D eigenvalue weighted by molar-refractivity contribution is -0.138. The zero-order valence-electron chi connectivity index (χ0n) is 25.6. The highest BCUT2D eigenvalue weighted by atomic mass is 19.4. The van der Waals surface area contributed by atoms with Crippen molar-refractivity contribution in [3.05, 3.63) is 116 Å². The summed E-state index contributed by atoms with van der Waals surface area (Å²) in [6, 6.07) is 8.55. The van der Waals surface area contributed by atoms with Gasteiger partial charge in [0.1, 0.15) is 17.5 Å². The maximum Gasteiger partial charge on any atom is 0.417 e. The Kier molecular flexibility index (Phi) is 13.1. The van der Waals surface area contributed by atoms with E-state index >= 15 is 0 Å². The summed E-state index contributed by atoms with van der Waals surface area (Å²) in [5, 5.41) is 0.0350. The van der Waals surface area contributed by atoms with E-state index in [1.807, 2.05) is 0 Å². The fourth-order valence-corrected chi connectivity index (χ4v) is 4.00. The number of benzene rings is 2. The van der Waals surface area contributed by atoms with Crippen LogP contribution in [0.3, 0.4) is 0 Å². The number of carbonyl (C=O) groups is 1. The molecule has 0 fully saturated rings. The molecule has 0 radical (unpaired) electrons. The monoisotopic (exact) mass is 727 g/mol. The standard InChI is InChI=1S/C14H8F4N4O.C12H11F4NO.C4H6N4O.CH4/c15-8-3-1-2-7(14(16,17)18)10(8)9-5-4-6-11(20-9)21-13(19)22-12(6)23;1-17(2)7-6-10(18)11-8(12(14,15)16)4-3-5-9(11)13;5-2-1-3(9)8-4(6)7-2;/h1-5H,(H3,19,20,21,22,23);3-7H,1-2H3;1H,(H5,5,6,7,8,9);1H4/b;7-6+;;. The second-order valence-corrected chi connectivity index (χ2v) is 10.0. The molecule has 20 heteroatoms. The number of nitrogens with one attached hydrogen (secondary N) is 2. The fourth-order valence-electron chi connectivity index (χ4n) is 4.00. The average Bonchev–Trinajstić information content (AvgIpc) is 2.98. The van der Waals surface area contributed by atoms with Crippen LogP contribution in [0.15, 0.2) is 76.5 Å². The van der Waals surface area contributed by atoms with Gasteiger partial charge >= 0.3 is 12.4 Å². The lowest BCUT2D eigenvalue weighted by Gasteiger charge is -2.13. The number of nitrogens with zero attached hydrogens (tertiary/aromatic N) is 4. The maximum absolute atomic E-state index is 14.0. The van der Waals surface area contributed by atoms with Gasteiger partial charge in [0, 0.05) is 38.0 Å². The third kappa shape index (κ3) is 10.8. The molecular formula is C31H29F8N9O3. The molecule has 0 aliphatic heterocycles. The predicted molar refractivity (Wildman–Crippen MR) is 174 cm³/mol. The van der Waals surface area contributed by atoms with Crippen molar-refractivity contribution < 1.29 is 39.9 Å². The highest BCUT2D eigenvalue weighted by Gasteiger charge is 2.36. The molecule has 2 aromatic carbocycles. The number of fused-ring (bicyclic) bond motifs is 1. The number of nitrogen functional groups attached to an aromatic ring is 3. The Morgan fingerprint density at radius 2 is 1.35 bits per heavy atom. The topological polar surface area (TPSA) is 203 Å². The molecule has 5 rings (SSSR count). The second-order valence-electron chi connectivity index (χ2n) is 10.0. The van der Waals surface area contributed by atoms with Crippen molar-refractivity contribution in [1.29, 1.82) is 0 Å². The van der Waals surface area contributed by atoms with Gasteiger partial charge in [-0.1, -0.05) is 19.6 Å². The summed E-state index contributed by atoms with van der Waals surface area (Å²) in [4.78, 5) is 50.8. The van der Waals surface area contributed by atoms with Gasteiger partial charge in [-0.3, -0.25) is 24.4 Å². The van der Waals surface area contributed by atoms with Crippen molar-refractivity contribution in [2.24, 2.45) is 0 Å². The smallest absolute Gasteiger partial charge is 0.383 e. The number of halogens is 8. The number of hydrogen-bond acceptors (Lipinski definition) is 10. The average molecular weight is 728 g/mol. The molecule has 3 aromatic heterocycles. The summed E-state index contributed by atoms with van der Waals surface area (Å²) in [5.41, 5.74) is 10.2. The van der Waals surface area contributed by atoms with Crippen LogP contribution < -0.4 is 28.3 Å². The molecule has 3 heterocycles. The van der Waals surface area contributed by atoms with Gasteiger partial charge in [0.15, 0.2) is 11.4 Å². The van der Waals surface area contributed by atoms with Crippen molar-refractivity contribution in [2.75, 3.05) is 31.3 Å². The van der Waals surface area contributed by atoms with E-state index < -0.39 is 57.6 Å². The van der Waals surface area contributed by atoms with Gasteiger partial charge in [0.25, 0.3) is 11.1 Å². The van der Waals surface area contributed by atoms with Gasteiger partial charge in [-0.15, -0.1) is 0 Å². The number of H-pyrrole nitrogens is 2. The second kappa shape index (κ2) is 16.4. The third-order valence-corrected chi connectivity index (χ3v) is 6.03. The molecule has 0 atom stereocenters. The molecular weight excluding hydrogens is 698 g/mol. The quantitative estimate of drug-likeness (QED) is 0.0907. The molecule has 0 aliphatic carbocycles. The van der Waals surface area contributed by atoms with Crippen LogP contribution in [-0.4, -0.2) is 49.7 Å². The van der Waals surface area contributed by atoms with Gasteiger partial charge in [-0.2, -0.15) is 36.3 Å². The van der Waals surface area contributed by atoms with Crippen molar-refractivity contribution in [3.63, 3.8) is 0 Å². The van der Waals surface area contributed by atoms with E-state index in [1.165, 1.54) is 17.2 Å². The van der Waals surface area contributed by atoms with Gasteiger partial charge in [-0.05, 0) is 36.4 Å². The number of carbonyl (C=O) groups excluding carboxylic acids is 1. The lowest BCUT2D eigenvalue weighted by atomic mass is 10.0. The number of aromatic nitrogens is 5. The number of ketones is 1. The lowest BCUT2D eigenvalue weighted by Crippen LogP contribution is -2.14. The minimum absolute atomic E-state index is 0. The normalized spacial score (nSPS) is 11.2. The van der Waals surface area contributed by atoms with E-state index in [2.05, 4.69) is 24.9 Å². The number of nitrogens with two attached hydrogens (primary N) is 3. The van der Waals surface area contributed by atoms with Crippen LogP contribution in [0.4, 0.5) is 52.8 Å². The molecule has 12 nitrogen and oxygen atoms in total. The SMILES string of the molecule is C.CN(C)/C=C/C(=O)c1c(F)cccc1C(F)(F)F.Nc1cc(=O)[nH]c(N)n1.Nc1nc2nc(-c3c(F)cccc3C(F)(F)F)ccc2c(=O)[nH]1. The first-order valence-corrected chi connectivity index (χ1v) is 13.6. The summed E-state index contributed by atoms with van der Waals surface area (Å²) in [6.07, 6.45) is -7.36. The minimum Gasteiger partial charge on any atom is -0.383 e. The third-order valence-electron chi connectivity index (χ3n) is 6.03. The van der Waals surface area contributed by atoms with E-state index in [4.69, 9.17) is 17.2 Å². The van der Waals surface area contributed by atoms with Crippen molar-refractivity contribution in [2.45, 2.75) is 19.8 Å². The van der Waals surface area contributed by atoms with E-state index in [-0.39, 0.29) is 47.4 Å². The first-order valence-electron chi connectivity index (χ1n) is 13.6.